The smallest absolute Gasteiger partial charge is 0.191 e. The average molecular weight is 383 g/mol. The second kappa shape index (κ2) is 9.32. The highest BCUT2D eigenvalue weighted by Gasteiger charge is 2.05. The lowest BCUT2D eigenvalue weighted by molar-refractivity contribution is 0.706. The first kappa shape index (κ1) is 19.1. The van der Waals surface area contributed by atoms with Crippen molar-refractivity contribution in [1.29, 1.82) is 0 Å². The predicted molar refractivity (Wildman–Crippen MR) is 112 cm³/mol. The summed E-state index contributed by atoms with van der Waals surface area (Å²) in [6.45, 7) is 6.37. The van der Waals surface area contributed by atoms with Gasteiger partial charge in [0.2, 0.25) is 0 Å². The molecule has 0 spiro atoms. The zero-order chi connectivity index (χ0) is 19.1. The molecule has 0 saturated heterocycles. The highest BCUT2D eigenvalue weighted by atomic mass is 32.1. The third-order valence-electron chi connectivity index (χ3n) is 4.19. The number of benzene rings is 1. The van der Waals surface area contributed by atoms with Crippen molar-refractivity contribution in [1.82, 2.24) is 25.4 Å². The molecule has 2 aromatic heterocycles. The number of rotatable bonds is 7. The van der Waals surface area contributed by atoms with Crippen LogP contribution in [-0.4, -0.2) is 33.8 Å². The Balaban J connectivity index is 1.54. The normalized spacial score (nSPS) is 11.6. The molecule has 0 fully saturated rings. The average Bonchev–Trinajstić information content (AvgIpc) is 3.29. The van der Waals surface area contributed by atoms with Gasteiger partial charge in [0, 0.05) is 43.7 Å². The molecule has 27 heavy (non-hydrogen) atoms. The number of nitrogens with zero attached hydrogens (tertiary/aromatic N) is 4. The van der Waals surface area contributed by atoms with E-state index in [1.54, 1.807) is 17.5 Å². The van der Waals surface area contributed by atoms with Gasteiger partial charge in [-0.15, -0.1) is 11.3 Å². The van der Waals surface area contributed by atoms with Gasteiger partial charge in [-0.25, -0.2) is 9.98 Å². The van der Waals surface area contributed by atoms with Crippen LogP contribution in [0.3, 0.4) is 0 Å². The number of aromatic nitrogens is 3. The minimum Gasteiger partial charge on any atom is -0.357 e. The Hall–Kier alpha value is -2.67. The van der Waals surface area contributed by atoms with Gasteiger partial charge in [-0.05, 0) is 19.9 Å². The second-order valence-electron chi connectivity index (χ2n) is 6.33. The molecule has 0 amide bonds. The zero-order valence-electron chi connectivity index (χ0n) is 16.1. The monoisotopic (exact) mass is 382 g/mol. The van der Waals surface area contributed by atoms with E-state index in [9.17, 15) is 0 Å². The van der Waals surface area contributed by atoms with E-state index in [0.717, 1.165) is 41.9 Å². The maximum atomic E-state index is 4.76. The number of hydrogen-bond donors (Lipinski definition) is 2. The number of guanidine groups is 1. The van der Waals surface area contributed by atoms with Gasteiger partial charge >= 0.3 is 0 Å². The van der Waals surface area contributed by atoms with E-state index >= 15 is 0 Å². The quantitative estimate of drug-likeness (QED) is 0.487. The summed E-state index contributed by atoms with van der Waals surface area (Å²) in [7, 11) is 1.93. The summed E-state index contributed by atoms with van der Waals surface area (Å²) >= 11 is 1.69. The lowest BCUT2D eigenvalue weighted by atomic mass is 10.2. The summed E-state index contributed by atoms with van der Waals surface area (Å²) in [6.07, 6.45) is 2.65. The van der Waals surface area contributed by atoms with E-state index in [4.69, 9.17) is 4.98 Å². The van der Waals surface area contributed by atoms with Crippen molar-refractivity contribution in [3.05, 3.63) is 58.9 Å². The summed E-state index contributed by atoms with van der Waals surface area (Å²) in [6, 6.07) is 10.5. The highest BCUT2D eigenvalue weighted by molar-refractivity contribution is 7.13. The van der Waals surface area contributed by atoms with Crippen molar-refractivity contribution in [3.63, 3.8) is 0 Å². The molecule has 142 valence electrons. The van der Waals surface area contributed by atoms with E-state index < -0.39 is 0 Å². The summed E-state index contributed by atoms with van der Waals surface area (Å²) in [5, 5.41) is 14.0. The molecule has 0 saturated carbocycles. The van der Waals surface area contributed by atoms with Gasteiger partial charge in [-0.1, -0.05) is 29.8 Å². The molecule has 0 unspecified atom stereocenters. The molecule has 0 bridgehead atoms. The first-order valence-corrected chi connectivity index (χ1v) is 10.0. The molecule has 6 nitrogen and oxygen atoms in total. The Morgan fingerprint density at radius 2 is 2.00 bits per heavy atom. The molecule has 0 aliphatic rings. The summed E-state index contributed by atoms with van der Waals surface area (Å²) < 4.78 is 1.84. The topological polar surface area (TPSA) is 67.1 Å². The summed E-state index contributed by atoms with van der Waals surface area (Å²) in [5.74, 6) is 0.813. The molecule has 7 heteroatoms. The van der Waals surface area contributed by atoms with Crippen LogP contribution in [0.2, 0.25) is 0 Å². The van der Waals surface area contributed by atoms with Crippen molar-refractivity contribution < 1.29 is 0 Å². The van der Waals surface area contributed by atoms with Gasteiger partial charge < -0.3 is 10.6 Å². The van der Waals surface area contributed by atoms with E-state index in [2.05, 4.69) is 64.2 Å². The fourth-order valence-electron chi connectivity index (χ4n) is 2.62. The van der Waals surface area contributed by atoms with Gasteiger partial charge in [0.1, 0.15) is 5.01 Å². The van der Waals surface area contributed by atoms with E-state index in [-0.39, 0.29) is 0 Å². The fourth-order valence-corrected chi connectivity index (χ4v) is 3.48. The fraction of sp³-hybridized carbons (Fsp3) is 0.350. The van der Waals surface area contributed by atoms with Crippen LogP contribution in [0.1, 0.15) is 23.9 Å². The molecule has 2 heterocycles. The molecular formula is C20H26N6S. The maximum absolute atomic E-state index is 4.76. The molecule has 3 aromatic rings. The minimum atomic E-state index is 0.597. The molecule has 2 N–H and O–H groups in total. The number of hydrogen-bond acceptors (Lipinski definition) is 4. The van der Waals surface area contributed by atoms with Crippen molar-refractivity contribution in [2.24, 2.45) is 12.0 Å². The molecule has 3 rings (SSSR count). The van der Waals surface area contributed by atoms with E-state index in [0.29, 0.717) is 6.54 Å². The van der Waals surface area contributed by atoms with Crippen molar-refractivity contribution >= 4 is 17.3 Å². The minimum absolute atomic E-state index is 0.597. The number of aryl methyl sites for hydroxylation is 2. The number of thiazole rings is 1. The summed E-state index contributed by atoms with van der Waals surface area (Å²) in [5.41, 5.74) is 4.62. The Kier molecular flexibility index (Phi) is 6.59. The lowest BCUT2D eigenvalue weighted by Gasteiger charge is -2.10. The maximum Gasteiger partial charge on any atom is 0.191 e. The van der Waals surface area contributed by atoms with Gasteiger partial charge in [0.15, 0.2) is 5.96 Å². The molecule has 1 aromatic carbocycles. The zero-order valence-corrected chi connectivity index (χ0v) is 16.9. The lowest BCUT2D eigenvalue weighted by Crippen LogP contribution is -2.38. The molecule has 0 aliphatic carbocycles. The van der Waals surface area contributed by atoms with Crippen LogP contribution >= 0.6 is 11.3 Å². The first-order valence-electron chi connectivity index (χ1n) is 9.16. The van der Waals surface area contributed by atoms with Crippen molar-refractivity contribution in [2.45, 2.75) is 26.8 Å². The van der Waals surface area contributed by atoms with Crippen LogP contribution in [0.4, 0.5) is 0 Å². The molecule has 0 radical (unpaired) electrons. The number of nitrogens with one attached hydrogen (secondary N) is 2. The SMILES string of the molecule is CCNC(=NCc1ccnn1C)NCCc1csc(-c2ccc(C)cc2)n1. The largest absolute Gasteiger partial charge is 0.357 e. The van der Waals surface area contributed by atoms with E-state index in [1.807, 2.05) is 17.8 Å². The molecule has 0 aliphatic heterocycles. The van der Waals surface area contributed by atoms with Crippen LogP contribution in [0.5, 0.6) is 0 Å². The third kappa shape index (κ3) is 5.40. The second-order valence-corrected chi connectivity index (χ2v) is 7.19. The van der Waals surface area contributed by atoms with E-state index in [1.165, 1.54) is 11.1 Å². The predicted octanol–water partition coefficient (Wildman–Crippen LogP) is 3.15. The van der Waals surface area contributed by atoms with Crippen LogP contribution < -0.4 is 10.6 Å². The van der Waals surface area contributed by atoms with Crippen LogP contribution in [-0.2, 0) is 20.0 Å². The van der Waals surface area contributed by atoms with Crippen LogP contribution in [0.25, 0.3) is 10.6 Å². The highest BCUT2D eigenvalue weighted by Crippen LogP contribution is 2.24. The van der Waals surface area contributed by atoms with Crippen LogP contribution in [0, 0.1) is 6.92 Å². The molecular weight excluding hydrogens is 356 g/mol. The van der Waals surface area contributed by atoms with Gasteiger partial charge in [0.25, 0.3) is 0 Å². The van der Waals surface area contributed by atoms with Crippen LogP contribution in [0.15, 0.2) is 46.9 Å². The number of aliphatic imine (C=N–C) groups is 1. The Bertz CT molecular complexity index is 878. The van der Waals surface area contributed by atoms with Gasteiger partial charge in [-0.2, -0.15) is 5.10 Å². The van der Waals surface area contributed by atoms with Gasteiger partial charge in [-0.3, -0.25) is 4.68 Å². The standard InChI is InChI=1S/C20H26N6S/c1-4-21-20(23-13-18-10-12-24-26(18)3)22-11-9-17-14-27-19(25-17)16-7-5-15(2)6-8-16/h5-8,10,12,14H,4,9,11,13H2,1-3H3,(H2,21,22,23). The van der Waals surface area contributed by atoms with Gasteiger partial charge in [0.05, 0.1) is 17.9 Å². The Morgan fingerprint density at radius 3 is 2.70 bits per heavy atom. The molecule has 0 atom stereocenters. The first-order chi connectivity index (χ1) is 13.2. The summed E-state index contributed by atoms with van der Waals surface area (Å²) in [4.78, 5) is 9.38. The third-order valence-corrected chi connectivity index (χ3v) is 5.13. The Labute approximate surface area is 164 Å². The Morgan fingerprint density at radius 1 is 1.19 bits per heavy atom. The van der Waals surface area contributed by atoms with Crippen molar-refractivity contribution in [2.75, 3.05) is 13.1 Å². The van der Waals surface area contributed by atoms with Crippen molar-refractivity contribution in [3.8, 4) is 10.6 Å².